The molecule has 3 rings (SSSR count). The van der Waals surface area contributed by atoms with Crippen molar-refractivity contribution in [3.05, 3.63) is 95.6 Å². The van der Waals surface area contributed by atoms with Gasteiger partial charge in [0.15, 0.2) is 0 Å². The number of rotatable bonds is 5. The molecule has 0 saturated heterocycles. The van der Waals surface area contributed by atoms with Crippen molar-refractivity contribution in [1.82, 2.24) is 0 Å². The first-order chi connectivity index (χ1) is 13.4. The van der Waals surface area contributed by atoms with E-state index >= 15 is 0 Å². The summed E-state index contributed by atoms with van der Waals surface area (Å²) in [4.78, 5) is 2.05. The van der Waals surface area contributed by atoms with E-state index in [0.29, 0.717) is 12.3 Å². The van der Waals surface area contributed by atoms with E-state index in [1.165, 1.54) is 0 Å². The van der Waals surface area contributed by atoms with Gasteiger partial charge < -0.3 is 4.90 Å². The first kappa shape index (κ1) is 19.8. The van der Waals surface area contributed by atoms with Crippen molar-refractivity contribution >= 4 is 21.5 Å². The first-order valence-corrected chi connectivity index (χ1v) is 10.5. The smallest absolute Gasteiger partial charge is 0.283 e. The molecule has 4 nitrogen and oxygen atoms in total. The van der Waals surface area contributed by atoms with Gasteiger partial charge in [-0.25, -0.2) is 0 Å². The number of anilines is 1. The molecule has 0 N–H and O–H groups in total. The van der Waals surface area contributed by atoms with Crippen LogP contribution in [0.2, 0.25) is 0 Å². The number of aryl methyl sites for hydroxylation is 2. The fraction of sp³-hybridized carbons (Fsp3) is 0.174. The Balaban J connectivity index is 2.06. The summed E-state index contributed by atoms with van der Waals surface area (Å²) in [6.45, 7) is 3.92. The van der Waals surface area contributed by atoms with Crippen LogP contribution in [0.4, 0.5) is 5.69 Å². The van der Waals surface area contributed by atoms with Gasteiger partial charge in [-0.3, -0.25) is 0 Å². The summed E-state index contributed by atoms with van der Waals surface area (Å²) in [5, 5.41) is 0. The van der Waals surface area contributed by atoms with Gasteiger partial charge in [-0.2, -0.15) is 8.42 Å². The van der Waals surface area contributed by atoms with E-state index in [2.05, 4.69) is 4.40 Å². The molecule has 0 fully saturated rings. The highest BCUT2D eigenvalue weighted by Gasteiger charge is 2.18. The number of amidine groups is 1. The molecule has 0 aliphatic heterocycles. The highest BCUT2D eigenvalue weighted by molar-refractivity contribution is 7.90. The molecule has 3 aromatic rings. The molecular weight excluding hydrogens is 368 g/mol. The predicted molar refractivity (Wildman–Crippen MR) is 116 cm³/mol. The van der Waals surface area contributed by atoms with Gasteiger partial charge in [0.1, 0.15) is 5.84 Å². The Bertz CT molecular complexity index is 1070. The fourth-order valence-corrected chi connectivity index (χ4v) is 4.02. The van der Waals surface area contributed by atoms with Gasteiger partial charge in [0, 0.05) is 19.2 Å². The van der Waals surface area contributed by atoms with Crippen LogP contribution in [-0.4, -0.2) is 21.3 Å². The zero-order chi connectivity index (χ0) is 20.1. The molecule has 0 spiro atoms. The lowest BCUT2D eigenvalue weighted by Crippen LogP contribution is -2.30. The van der Waals surface area contributed by atoms with Crippen LogP contribution in [0, 0.1) is 13.8 Å². The average molecular weight is 393 g/mol. The van der Waals surface area contributed by atoms with Gasteiger partial charge in [-0.1, -0.05) is 66.2 Å². The van der Waals surface area contributed by atoms with Crippen molar-refractivity contribution in [3.63, 3.8) is 0 Å². The van der Waals surface area contributed by atoms with Gasteiger partial charge in [0.05, 0.1) is 4.90 Å². The standard InChI is InChI=1S/C23H24N2O2S/c1-18-13-15-21(16-14-18)28(26,27)24-23(17-20-10-5-4-6-11-20)25(3)22-12-8-7-9-19(22)2/h4-16H,17H2,1-3H3/b24-23-. The summed E-state index contributed by atoms with van der Waals surface area (Å²) in [6, 6.07) is 24.4. The Hall–Kier alpha value is -2.92. The summed E-state index contributed by atoms with van der Waals surface area (Å²) in [6.07, 6.45) is 0.413. The number of nitrogens with zero attached hydrogens (tertiary/aromatic N) is 2. The number of para-hydroxylation sites is 1. The molecule has 0 aromatic heterocycles. The SMILES string of the molecule is Cc1ccc(S(=O)(=O)/N=C(/Cc2ccccc2)N(C)c2ccccc2C)cc1. The van der Waals surface area contributed by atoms with Crippen LogP contribution in [0.25, 0.3) is 0 Å². The number of likely N-dealkylation sites (N-methyl/N-ethyl adjacent to an activating group) is 1. The lowest BCUT2D eigenvalue weighted by Gasteiger charge is -2.23. The van der Waals surface area contributed by atoms with Gasteiger partial charge in [0.2, 0.25) is 0 Å². The zero-order valence-electron chi connectivity index (χ0n) is 16.3. The van der Waals surface area contributed by atoms with Crippen LogP contribution < -0.4 is 4.90 Å². The summed E-state index contributed by atoms with van der Waals surface area (Å²) < 4.78 is 30.1. The monoisotopic (exact) mass is 392 g/mol. The predicted octanol–water partition coefficient (Wildman–Crippen LogP) is 4.77. The third-order valence-electron chi connectivity index (χ3n) is 4.61. The molecule has 5 heteroatoms. The number of sulfonamides is 1. The number of hydrogen-bond acceptors (Lipinski definition) is 2. The van der Waals surface area contributed by atoms with Gasteiger partial charge in [-0.15, -0.1) is 4.40 Å². The molecule has 0 unspecified atom stereocenters. The summed E-state index contributed by atoms with van der Waals surface area (Å²) in [5.41, 5.74) is 3.99. The van der Waals surface area contributed by atoms with E-state index in [-0.39, 0.29) is 4.90 Å². The number of hydrogen-bond donors (Lipinski definition) is 0. The Morgan fingerprint density at radius 1 is 0.857 bits per heavy atom. The van der Waals surface area contributed by atoms with Crippen LogP contribution in [-0.2, 0) is 16.4 Å². The minimum Gasteiger partial charge on any atom is -0.332 e. The maximum atomic E-state index is 13.0. The van der Waals surface area contributed by atoms with Gasteiger partial charge in [-0.05, 0) is 43.2 Å². The van der Waals surface area contributed by atoms with E-state index in [1.54, 1.807) is 24.3 Å². The maximum absolute atomic E-state index is 13.0. The van der Waals surface area contributed by atoms with Crippen molar-refractivity contribution in [2.45, 2.75) is 25.2 Å². The second-order valence-electron chi connectivity index (χ2n) is 6.80. The van der Waals surface area contributed by atoms with Gasteiger partial charge >= 0.3 is 0 Å². The lowest BCUT2D eigenvalue weighted by molar-refractivity contribution is 0.598. The Morgan fingerprint density at radius 3 is 2.11 bits per heavy atom. The minimum absolute atomic E-state index is 0.196. The van der Waals surface area contributed by atoms with Crippen molar-refractivity contribution in [2.75, 3.05) is 11.9 Å². The van der Waals surface area contributed by atoms with Crippen molar-refractivity contribution in [2.24, 2.45) is 4.40 Å². The van der Waals surface area contributed by atoms with Crippen molar-refractivity contribution in [1.29, 1.82) is 0 Å². The lowest BCUT2D eigenvalue weighted by atomic mass is 10.1. The van der Waals surface area contributed by atoms with E-state index in [1.807, 2.05) is 80.4 Å². The van der Waals surface area contributed by atoms with Crippen LogP contribution in [0.1, 0.15) is 16.7 Å². The van der Waals surface area contributed by atoms with Crippen molar-refractivity contribution in [3.8, 4) is 0 Å². The first-order valence-electron chi connectivity index (χ1n) is 9.10. The molecule has 0 aliphatic carbocycles. The summed E-state index contributed by atoms with van der Waals surface area (Å²) in [7, 11) is -1.96. The quantitative estimate of drug-likeness (QED) is 0.464. The molecule has 0 saturated carbocycles. The van der Waals surface area contributed by atoms with Crippen LogP contribution >= 0.6 is 0 Å². The maximum Gasteiger partial charge on any atom is 0.283 e. The largest absolute Gasteiger partial charge is 0.332 e. The van der Waals surface area contributed by atoms with Crippen LogP contribution in [0.5, 0.6) is 0 Å². The highest BCUT2D eigenvalue weighted by atomic mass is 32.2. The second kappa shape index (κ2) is 8.40. The Morgan fingerprint density at radius 2 is 1.46 bits per heavy atom. The molecule has 28 heavy (non-hydrogen) atoms. The summed E-state index contributed by atoms with van der Waals surface area (Å²) in [5.74, 6) is 0.473. The normalized spacial score (nSPS) is 12.0. The molecule has 3 aromatic carbocycles. The molecule has 0 heterocycles. The third-order valence-corrected chi connectivity index (χ3v) is 5.93. The molecule has 0 aliphatic rings. The van der Waals surface area contributed by atoms with Crippen LogP contribution in [0.3, 0.4) is 0 Å². The fourth-order valence-electron chi connectivity index (χ4n) is 2.97. The molecule has 0 atom stereocenters. The molecule has 144 valence electrons. The van der Waals surface area contributed by atoms with E-state index in [0.717, 1.165) is 22.4 Å². The van der Waals surface area contributed by atoms with E-state index in [9.17, 15) is 8.42 Å². The molecule has 0 radical (unpaired) electrons. The molecule has 0 bridgehead atoms. The molecular formula is C23H24N2O2S. The van der Waals surface area contributed by atoms with Crippen molar-refractivity contribution < 1.29 is 8.42 Å². The Kier molecular flexibility index (Phi) is 5.95. The zero-order valence-corrected chi connectivity index (χ0v) is 17.1. The average Bonchev–Trinajstić information content (AvgIpc) is 2.68. The minimum atomic E-state index is -3.82. The topological polar surface area (TPSA) is 49.7 Å². The van der Waals surface area contributed by atoms with Gasteiger partial charge in [0.25, 0.3) is 10.0 Å². The van der Waals surface area contributed by atoms with Crippen LogP contribution in [0.15, 0.2) is 88.2 Å². The summed E-state index contributed by atoms with van der Waals surface area (Å²) >= 11 is 0. The van der Waals surface area contributed by atoms with E-state index in [4.69, 9.17) is 0 Å². The second-order valence-corrected chi connectivity index (χ2v) is 8.41. The Labute approximate surface area is 167 Å². The van der Waals surface area contributed by atoms with E-state index < -0.39 is 10.0 Å². The molecule has 0 amide bonds. The number of benzene rings is 3. The third kappa shape index (κ3) is 4.67. The highest BCUT2D eigenvalue weighted by Crippen LogP contribution is 2.21.